The number of aromatic carboxylic acids is 1. The number of amides is 1. The zero-order valence-electron chi connectivity index (χ0n) is 18.0. The molecule has 0 spiro atoms. The van der Waals surface area contributed by atoms with Crippen molar-refractivity contribution in [3.8, 4) is 0 Å². The third-order valence-electron chi connectivity index (χ3n) is 5.73. The molecule has 0 aromatic heterocycles. The van der Waals surface area contributed by atoms with Crippen LogP contribution in [-0.2, 0) is 0 Å². The second kappa shape index (κ2) is 9.50. The summed E-state index contributed by atoms with van der Waals surface area (Å²) in [6.07, 6.45) is 0. The number of nitrogens with one attached hydrogen (secondary N) is 1. The number of aryl methyl sites for hydroxylation is 1. The standard InChI is InChI=1S/C25H23ClFN3O3/c1-16-2-6-19(26)15-23(16)30-12-10-29(11-13-30)22-9-5-18(25(32)33)14-21(22)28-24(31)17-3-7-20(27)8-4-17/h2-9,14-15H,10-13H2,1H3,(H,28,31)(H,32,33). The molecule has 0 bridgehead atoms. The van der Waals surface area contributed by atoms with Crippen LogP contribution in [0, 0.1) is 12.7 Å². The molecule has 8 heteroatoms. The summed E-state index contributed by atoms with van der Waals surface area (Å²) in [7, 11) is 0. The summed E-state index contributed by atoms with van der Waals surface area (Å²) >= 11 is 6.18. The number of carbonyl (C=O) groups excluding carboxylic acids is 1. The highest BCUT2D eigenvalue weighted by molar-refractivity contribution is 6.30. The Bertz CT molecular complexity index is 1190. The van der Waals surface area contributed by atoms with Crippen LogP contribution in [0.1, 0.15) is 26.3 Å². The molecule has 4 rings (SSSR count). The fourth-order valence-electron chi connectivity index (χ4n) is 3.95. The molecular formula is C25H23ClFN3O3. The summed E-state index contributed by atoms with van der Waals surface area (Å²) in [5.74, 6) is -1.96. The summed E-state index contributed by atoms with van der Waals surface area (Å²) < 4.78 is 13.2. The zero-order chi connectivity index (χ0) is 23.5. The lowest BCUT2D eigenvalue weighted by Crippen LogP contribution is -2.47. The van der Waals surface area contributed by atoms with Gasteiger partial charge in [-0.2, -0.15) is 0 Å². The Morgan fingerprint density at radius 3 is 2.12 bits per heavy atom. The Morgan fingerprint density at radius 2 is 1.48 bits per heavy atom. The predicted octanol–water partition coefficient (Wildman–Crippen LogP) is 5.06. The Hall–Kier alpha value is -3.58. The highest BCUT2D eigenvalue weighted by Crippen LogP contribution is 2.31. The molecule has 3 aromatic carbocycles. The SMILES string of the molecule is Cc1ccc(Cl)cc1N1CCN(c2ccc(C(=O)O)cc2NC(=O)c2ccc(F)cc2)CC1. The van der Waals surface area contributed by atoms with Gasteiger partial charge in [0.15, 0.2) is 0 Å². The van der Waals surface area contributed by atoms with Gasteiger partial charge >= 0.3 is 5.97 Å². The molecule has 33 heavy (non-hydrogen) atoms. The van der Waals surface area contributed by atoms with Crippen LogP contribution >= 0.6 is 11.6 Å². The number of benzene rings is 3. The fraction of sp³-hybridized carbons (Fsp3) is 0.200. The van der Waals surface area contributed by atoms with Gasteiger partial charge in [0.25, 0.3) is 5.91 Å². The van der Waals surface area contributed by atoms with E-state index < -0.39 is 17.7 Å². The van der Waals surface area contributed by atoms with Gasteiger partial charge in [-0.05, 0) is 67.1 Å². The van der Waals surface area contributed by atoms with E-state index in [1.54, 1.807) is 6.07 Å². The number of hydrogen-bond donors (Lipinski definition) is 2. The number of carboxylic acids is 1. The smallest absolute Gasteiger partial charge is 0.335 e. The molecule has 0 atom stereocenters. The first-order valence-electron chi connectivity index (χ1n) is 10.5. The Labute approximate surface area is 196 Å². The second-order valence-corrected chi connectivity index (χ2v) is 8.34. The molecule has 3 aromatic rings. The zero-order valence-corrected chi connectivity index (χ0v) is 18.8. The van der Waals surface area contributed by atoms with Crippen molar-refractivity contribution in [3.63, 3.8) is 0 Å². The highest BCUT2D eigenvalue weighted by Gasteiger charge is 2.22. The van der Waals surface area contributed by atoms with E-state index in [9.17, 15) is 19.1 Å². The van der Waals surface area contributed by atoms with Crippen LogP contribution in [-0.4, -0.2) is 43.2 Å². The summed E-state index contributed by atoms with van der Waals surface area (Å²) in [5.41, 5.74) is 3.72. The number of nitrogens with zero attached hydrogens (tertiary/aromatic N) is 2. The Balaban J connectivity index is 1.56. The third-order valence-corrected chi connectivity index (χ3v) is 5.97. The molecule has 1 fully saturated rings. The van der Waals surface area contributed by atoms with Crippen molar-refractivity contribution in [3.05, 3.63) is 88.2 Å². The molecule has 1 aliphatic rings. The summed E-state index contributed by atoms with van der Waals surface area (Å²) in [6, 6.07) is 15.7. The summed E-state index contributed by atoms with van der Waals surface area (Å²) in [6.45, 7) is 4.89. The molecule has 170 valence electrons. The molecule has 1 heterocycles. The van der Waals surface area contributed by atoms with Crippen LogP contribution in [0.25, 0.3) is 0 Å². The average Bonchev–Trinajstić information content (AvgIpc) is 2.81. The molecule has 1 amide bonds. The molecule has 0 saturated carbocycles. The van der Waals surface area contributed by atoms with E-state index in [4.69, 9.17) is 11.6 Å². The van der Waals surface area contributed by atoms with Crippen LogP contribution < -0.4 is 15.1 Å². The molecule has 0 radical (unpaired) electrons. The van der Waals surface area contributed by atoms with Crippen LogP contribution in [0.4, 0.5) is 21.5 Å². The van der Waals surface area contributed by atoms with Crippen molar-refractivity contribution in [1.82, 2.24) is 0 Å². The third kappa shape index (κ3) is 5.09. The lowest BCUT2D eigenvalue weighted by Gasteiger charge is -2.38. The van der Waals surface area contributed by atoms with E-state index in [2.05, 4.69) is 15.1 Å². The molecule has 2 N–H and O–H groups in total. The maximum Gasteiger partial charge on any atom is 0.335 e. The maximum atomic E-state index is 13.2. The summed E-state index contributed by atoms with van der Waals surface area (Å²) in [5, 5.41) is 12.9. The average molecular weight is 468 g/mol. The van der Waals surface area contributed by atoms with Crippen molar-refractivity contribution in [2.45, 2.75) is 6.92 Å². The van der Waals surface area contributed by atoms with E-state index in [0.717, 1.165) is 30.0 Å². The molecule has 1 aliphatic heterocycles. The first kappa shape index (κ1) is 22.6. The van der Waals surface area contributed by atoms with Crippen LogP contribution in [0.2, 0.25) is 5.02 Å². The van der Waals surface area contributed by atoms with Gasteiger partial charge in [0.2, 0.25) is 0 Å². The van der Waals surface area contributed by atoms with Crippen LogP contribution in [0.5, 0.6) is 0 Å². The predicted molar refractivity (Wildman–Crippen MR) is 128 cm³/mol. The first-order chi connectivity index (χ1) is 15.8. The van der Waals surface area contributed by atoms with E-state index in [1.807, 2.05) is 25.1 Å². The van der Waals surface area contributed by atoms with Gasteiger partial charge in [0.05, 0.1) is 16.9 Å². The number of anilines is 3. The minimum atomic E-state index is -1.08. The van der Waals surface area contributed by atoms with E-state index >= 15 is 0 Å². The quantitative estimate of drug-likeness (QED) is 0.548. The number of rotatable bonds is 5. The van der Waals surface area contributed by atoms with E-state index in [0.29, 0.717) is 23.8 Å². The number of piperazine rings is 1. The topological polar surface area (TPSA) is 72.9 Å². The molecule has 0 unspecified atom stereocenters. The van der Waals surface area contributed by atoms with Crippen molar-refractivity contribution < 1.29 is 19.1 Å². The molecular weight excluding hydrogens is 445 g/mol. The largest absolute Gasteiger partial charge is 0.478 e. The Kier molecular flexibility index (Phi) is 6.51. The lowest BCUT2D eigenvalue weighted by molar-refractivity contribution is 0.0696. The van der Waals surface area contributed by atoms with Crippen molar-refractivity contribution in [2.75, 3.05) is 41.3 Å². The minimum absolute atomic E-state index is 0.0707. The van der Waals surface area contributed by atoms with Gasteiger partial charge in [-0.3, -0.25) is 4.79 Å². The van der Waals surface area contributed by atoms with Gasteiger partial charge < -0.3 is 20.2 Å². The van der Waals surface area contributed by atoms with Crippen molar-refractivity contribution in [2.24, 2.45) is 0 Å². The van der Waals surface area contributed by atoms with Crippen molar-refractivity contribution in [1.29, 1.82) is 0 Å². The van der Waals surface area contributed by atoms with E-state index in [1.165, 1.54) is 36.4 Å². The number of hydrogen-bond acceptors (Lipinski definition) is 4. The monoisotopic (exact) mass is 467 g/mol. The fourth-order valence-corrected chi connectivity index (χ4v) is 4.12. The number of halogens is 2. The van der Waals surface area contributed by atoms with E-state index in [-0.39, 0.29) is 11.1 Å². The highest BCUT2D eigenvalue weighted by atomic mass is 35.5. The Morgan fingerprint density at radius 1 is 0.879 bits per heavy atom. The molecule has 6 nitrogen and oxygen atoms in total. The minimum Gasteiger partial charge on any atom is -0.478 e. The van der Waals surface area contributed by atoms with Crippen LogP contribution in [0.15, 0.2) is 60.7 Å². The number of carboxylic acid groups (broad SMARTS) is 1. The van der Waals surface area contributed by atoms with Crippen LogP contribution in [0.3, 0.4) is 0 Å². The van der Waals surface area contributed by atoms with Gasteiger partial charge in [-0.1, -0.05) is 17.7 Å². The first-order valence-corrected chi connectivity index (χ1v) is 10.9. The maximum absolute atomic E-state index is 13.2. The van der Waals surface area contributed by atoms with Gasteiger partial charge in [0.1, 0.15) is 5.82 Å². The van der Waals surface area contributed by atoms with Gasteiger partial charge in [-0.25, -0.2) is 9.18 Å². The number of carbonyl (C=O) groups is 2. The van der Waals surface area contributed by atoms with Gasteiger partial charge in [0, 0.05) is 42.5 Å². The molecule has 1 saturated heterocycles. The summed E-state index contributed by atoms with van der Waals surface area (Å²) in [4.78, 5) is 28.6. The second-order valence-electron chi connectivity index (χ2n) is 7.90. The lowest BCUT2D eigenvalue weighted by atomic mass is 10.1. The van der Waals surface area contributed by atoms with Crippen molar-refractivity contribution >= 4 is 40.5 Å². The normalized spacial score (nSPS) is 13.7. The van der Waals surface area contributed by atoms with Gasteiger partial charge in [-0.15, -0.1) is 0 Å². The molecule has 0 aliphatic carbocycles.